The van der Waals surface area contributed by atoms with Crippen LogP contribution in [0.3, 0.4) is 0 Å². The first-order valence-corrected chi connectivity index (χ1v) is 8.93. The van der Waals surface area contributed by atoms with Gasteiger partial charge in [-0.3, -0.25) is 0 Å². The quantitative estimate of drug-likeness (QED) is 0.507. The first-order valence-electron chi connectivity index (χ1n) is 8.14. The molecular weight excluding hydrogens is 370 g/mol. The molecule has 26 heavy (non-hydrogen) atoms. The summed E-state index contributed by atoms with van der Waals surface area (Å²) in [5.41, 5.74) is 4.15. The third-order valence-electron chi connectivity index (χ3n) is 4.18. The highest BCUT2D eigenvalue weighted by Gasteiger charge is 2.10. The van der Waals surface area contributed by atoms with E-state index in [-0.39, 0.29) is 0 Å². The number of aryl methyl sites for hydroxylation is 1. The van der Waals surface area contributed by atoms with Gasteiger partial charge in [0.1, 0.15) is 0 Å². The lowest BCUT2D eigenvalue weighted by molar-refractivity contribution is 0.186. The van der Waals surface area contributed by atoms with E-state index in [4.69, 9.17) is 28.6 Å². The maximum atomic E-state index is 6.08. The number of hydrogen-bond acceptors (Lipinski definition) is 4. The van der Waals surface area contributed by atoms with Crippen molar-refractivity contribution >= 4 is 30.0 Å². The molecule has 1 aromatic carbocycles. The summed E-state index contributed by atoms with van der Waals surface area (Å²) >= 11 is 11.4. The van der Waals surface area contributed by atoms with Gasteiger partial charge in [-0.25, -0.2) is 5.10 Å². The summed E-state index contributed by atoms with van der Waals surface area (Å²) in [7, 11) is 1.70. The molecular formula is C18H20ClN5OS. The zero-order valence-electron chi connectivity index (χ0n) is 14.9. The topological polar surface area (TPSA) is 60.1 Å². The summed E-state index contributed by atoms with van der Waals surface area (Å²) in [6.45, 7) is 5.61. The number of H-pyrrole nitrogens is 1. The lowest BCUT2D eigenvalue weighted by Gasteiger charge is -2.08. The van der Waals surface area contributed by atoms with E-state index in [2.05, 4.69) is 39.8 Å². The van der Waals surface area contributed by atoms with Crippen LogP contribution in [-0.2, 0) is 11.3 Å². The maximum absolute atomic E-state index is 6.08. The van der Waals surface area contributed by atoms with E-state index < -0.39 is 0 Å². The molecule has 0 radical (unpaired) electrons. The van der Waals surface area contributed by atoms with Crippen molar-refractivity contribution in [3.63, 3.8) is 0 Å². The monoisotopic (exact) mass is 389 g/mol. The lowest BCUT2D eigenvalue weighted by Crippen LogP contribution is -2.07. The molecule has 0 aliphatic rings. The Hall–Kier alpha value is -2.22. The molecule has 3 rings (SSSR count). The fourth-order valence-electron chi connectivity index (χ4n) is 2.82. The number of nitrogens with one attached hydrogen (secondary N) is 1. The largest absolute Gasteiger partial charge is 0.383 e. The highest BCUT2D eigenvalue weighted by Crippen LogP contribution is 2.21. The molecule has 136 valence electrons. The SMILES string of the molecule is COCCn1c(C)cc(C=Nn2c(-c3cccc(Cl)c3)n[nH]c2=S)c1C. The van der Waals surface area contributed by atoms with Gasteiger partial charge >= 0.3 is 0 Å². The number of hydrogen-bond donors (Lipinski definition) is 1. The fourth-order valence-corrected chi connectivity index (χ4v) is 3.19. The Labute approximate surface area is 162 Å². The molecule has 2 aromatic heterocycles. The summed E-state index contributed by atoms with van der Waals surface area (Å²) in [5.74, 6) is 0.613. The molecule has 1 N–H and O–H groups in total. The molecule has 0 aliphatic carbocycles. The predicted molar refractivity (Wildman–Crippen MR) is 107 cm³/mol. The minimum absolute atomic E-state index is 0.421. The van der Waals surface area contributed by atoms with Crippen molar-refractivity contribution in [1.82, 2.24) is 19.4 Å². The first kappa shape index (κ1) is 18.6. The molecule has 0 bridgehead atoms. The van der Waals surface area contributed by atoms with E-state index >= 15 is 0 Å². The molecule has 3 aromatic rings. The minimum atomic E-state index is 0.421. The Morgan fingerprint density at radius 2 is 2.15 bits per heavy atom. The van der Waals surface area contributed by atoms with Crippen LogP contribution >= 0.6 is 23.8 Å². The zero-order chi connectivity index (χ0) is 18.7. The molecule has 6 nitrogen and oxygen atoms in total. The van der Waals surface area contributed by atoms with Crippen LogP contribution < -0.4 is 0 Å². The van der Waals surface area contributed by atoms with E-state index in [0.29, 0.717) is 22.2 Å². The van der Waals surface area contributed by atoms with E-state index in [1.54, 1.807) is 18.0 Å². The molecule has 0 fully saturated rings. The number of benzene rings is 1. The van der Waals surface area contributed by atoms with Gasteiger partial charge in [-0.05, 0) is 44.3 Å². The van der Waals surface area contributed by atoms with Crippen LogP contribution in [0.15, 0.2) is 35.4 Å². The Kier molecular flexibility index (Phi) is 5.70. The van der Waals surface area contributed by atoms with E-state index in [1.807, 2.05) is 24.3 Å². The molecule has 0 saturated carbocycles. The molecule has 0 aliphatic heterocycles. The standard InChI is InChI=1S/C18H20ClN5OS/c1-12-9-15(13(2)23(12)7-8-25-3)11-20-24-17(21-22-18(24)26)14-5-4-6-16(19)10-14/h4-6,9-11H,7-8H2,1-3H3,(H,22,26). The molecule has 0 atom stereocenters. The van der Waals surface area contributed by atoms with Gasteiger partial charge < -0.3 is 9.30 Å². The normalized spacial score (nSPS) is 11.5. The van der Waals surface area contributed by atoms with Crippen LogP contribution in [0, 0.1) is 18.6 Å². The molecule has 8 heteroatoms. The van der Waals surface area contributed by atoms with Gasteiger partial charge in [0.25, 0.3) is 0 Å². The molecule has 0 saturated heterocycles. The van der Waals surface area contributed by atoms with Crippen molar-refractivity contribution in [3.8, 4) is 11.4 Å². The van der Waals surface area contributed by atoms with Crippen molar-refractivity contribution < 1.29 is 4.74 Å². The minimum Gasteiger partial charge on any atom is -0.383 e. The highest BCUT2D eigenvalue weighted by atomic mass is 35.5. The molecule has 0 amide bonds. The van der Waals surface area contributed by atoms with Crippen LogP contribution in [-0.4, -0.2) is 39.4 Å². The maximum Gasteiger partial charge on any atom is 0.216 e. The first-order chi connectivity index (χ1) is 12.5. The van der Waals surface area contributed by atoms with Crippen molar-refractivity contribution in [2.24, 2.45) is 5.10 Å². The van der Waals surface area contributed by atoms with Crippen molar-refractivity contribution in [2.75, 3.05) is 13.7 Å². The summed E-state index contributed by atoms with van der Waals surface area (Å²) in [4.78, 5) is 0. The summed E-state index contributed by atoms with van der Waals surface area (Å²) in [5, 5.41) is 12.2. The summed E-state index contributed by atoms with van der Waals surface area (Å²) in [6, 6.07) is 9.52. The van der Waals surface area contributed by atoms with Crippen LogP contribution in [0.25, 0.3) is 11.4 Å². The van der Waals surface area contributed by atoms with Gasteiger partial charge in [-0.2, -0.15) is 14.9 Å². The van der Waals surface area contributed by atoms with E-state index in [1.165, 1.54) is 0 Å². The summed E-state index contributed by atoms with van der Waals surface area (Å²) < 4.78 is 9.40. The number of aromatic nitrogens is 4. The van der Waals surface area contributed by atoms with Crippen LogP contribution in [0.2, 0.25) is 5.02 Å². The lowest BCUT2D eigenvalue weighted by atomic mass is 10.2. The van der Waals surface area contributed by atoms with Crippen LogP contribution in [0.4, 0.5) is 0 Å². The van der Waals surface area contributed by atoms with Crippen LogP contribution in [0.1, 0.15) is 17.0 Å². The molecule has 0 unspecified atom stereocenters. The van der Waals surface area contributed by atoms with Gasteiger partial charge in [0.05, 0.1) is 12.8 Å². The number of aromatic amines is 1. The Morgan fingerprint density at radius 3 is 2.88 bits per heavy atom. The van der Waals surface area contributed by atoms with Crippen molar-refractivity contribution in [3.05, 3.63) is 57.1 Å². The average molecular weight is 390 g/mol. The second-order valence-electron chi connectivity index (χ2n) is 5.89. The van der Waals surface area contributed by atoms with Gasteiger partial charge in [0.15, 0.2) is 5.82 Å². The van der Waals surface area contributed by atoms with Crippen molar-refractivity contribution in [1.29, 1.82) is 0 Å². The third-order valence-corrected chi connectivity index (χ3v) is 4.68. The predicted octanol–water partition coefficient (Wildman–Crippen LogP) is 4.21. The average Bonchev–Trinajstić information content (AvgIpc) is 3.11. The Bertz CT molecular complexity index is 1000. The second kappa shape index (κ2) is 7.99. The molecule has 0 spiro atoms. The zero-order valence-corrected chi connectivity index (χ0v) is 16.4. The Morgan fingerprint density at radius 1 is 1.35 bits per heavy atom. The van der Waals surface area contributed by atoms with Gasteiger partial charge in [-0.1, -0.05) is 23.7 Å². The van der Waals surface area contributed by atoms with E-state index in [9.17, 15) is 0 Å². The number of ether oxygens (including phenoxy) is 1. The second-order valence-corrected chi connectivity index (χ2v) is 6.71. The van der Waals surface area contributed by atoms with Gasteiger partial charge in [-0.15, -0.1) is 0 Å². The number of halogens is 1. The highest BCUT2D eigenvalue weighted by molar-refractivity contribution is 7.71. The molecule has 2 heterocycles. The van der Waals surface area contributed by atoms with Crippen molar-refractivity contribution in [2.45, 2.75) is 20.4 Å². The summed E-state index contributed by atoms with van der Waals surface area (Å²) in [6.07, 6.45) is 1.80. The fraction of sp³-hybridized carbons (Fsp3) is 0.278. The van der Waals surface area contributed by atoms with Crippen LogP contribution in [0.5, 0.6) is 0 Å². The van der Waals surface area contributed by atoms with E-state index in [0.717, 1.165) is 29.1 Å². The number of rotatable bonds is 6. The van der Waals surface area contributed by atoms with Gasteiger partial charge in [0, 0.05) is 41.2 Å². The number of methoxy groups -OCH3 is 1. The smallest absolute Gasteiger partial charge is 0.216 e. The third kappa shape index (κ3) is 3.80. The number of nitrogens with zero attached hydrogens (tertiary/aromatic N) is 4. The van der Waals surface area contributed by atoms with Gasteiger partial charge in [0.2, 0.25) is 4.77 Å². The Balaban J connectivity index is 1.95.